The highest BCUT2D eigenvalue weighted by molar-refractivity contribution is 5.89. The third-order valence-corrected chi connectivity index (χ3v) is 3.50. The number of hydrogen-bond acceptors (Lipinski definition) is 4. The quantitative estimate of drug-likeness (QED) is 0.723. The number of hydrogen-bond donors (Lipinski definition) is 1. The molecule has 0 amide bonds. The number of esters is 1. The fraction of sp³-hybridized carbons (Fsp3) is 0.158. The average Bonchev–Trinajstić information content (AvgIpc) is 3.03. The van der Waals surface area contributed by atoms with E-state index >= 15 is 0 Å². The van der Waals surface area contributed by atoms with Gasteiger partial charge in [0.05, 0.1) is 20.0 Å². The number of nitrogens with zero attached hydrogens (tertiary/aromatic N) is 2. The molecule has 0 unspecified atom stereocenters. The Morgan fingerprint density at radius 3 is 2.12 bits per heavy atom. The van der Waals surface area contributed by atoms with E-state index in [1.165, 1.54) is 23.6 Å². The molecule has 0 aliphatic rings. The fourth-order valence-corrected chi connectivity index (χ4v) is 2.15. The zero-order valence-electron chi connectivity index (χ0n) is 14.1. The van der Waals surface area contributed by atoms with Gasteiger partial charge in [-0.1, -0.05) is 60.7 Å². The van der Waals surface area contributed by atoms with Gasteiger partial charge in [0.25, 0.3) is 0 Å². The van der Waals surface area contributed by atoms with Crippen molar-refractivity contribution in [1.29, 1.82) is 0 Å². The lowest BCUT2D eigenvalue weighted by Crippen LogP contribution is -2.47. The van der Waals surface area contributed by atoms with Crippen LogP contribution in [0.25, 0.3) is 0 Å². The smallest absolute Gasteiger partial charge is 0.357 e. The Morgan fingerprint density at radius 1 is 1.08 bits per heavy atom. The van der Waals surface area contributed by atoms with Gasteiger partial charge in [-0.3, -0.25) is 0 Å². The molecule has 2 aromatic carbocycles. The molecule has 0 spiro atoms. The Balaban J connectivity index is 0.000000236. The molecule has 3 N–H and O–H groups in total. The van der Waals surface area contributed by atoms with E-state index in [-0.39, 0.29) is 5.69 Å². The van der Waals surface area contributed by atoms with Gasteiger partial charge in [-0.15, -0.1) is 0 Å². The molecule has 0 bridgehead atoms. The van der Waals surface area contributed by atoms with Crippen molar-refractivity contribution in [2.75, 3.05) is 7.11 Å². The van der Waals surface area contributed by atoms with Crippen molar-refractivity contribution in [3.05, 3.63) is 83.8 Å². The lowest BCUT2D eigenvalue weighted by atomic mass is 10.2. The molecular formula is C19H21N3O3. The molecule has 0 aliphatic carbocycles. The first-order valence-electron chi connectivity index (χ1n) is 7.83. The van der Waals surface area contributed by atoms with Gasteiger partial charge in [-0.2, -0.15) is 0 Å². The van der Waals surface area contributed by atoms with Crippen LogP contribution in [0.4, 0.5) is 0 Å². The number of carbonyl (C=O) groups is 1. The molecule has 3 rings (SSSR count). The summed E-state index contributed by atoms with van der Waals surface area (Å²) in [6.45, 7) is 1.28. The Labute approximate surface area is 146 Å². The van der Waals surface area contributed by atoms with E-state index in [1.54, 1.807) is 0 Å². The van der Waals surface area contributed by atoms with Crippen LogP contribution in [0.1, 0.15) is 21.6 Å². The largest absolute Gasteiger partial charge is 0.858 e. The van der Waals surface area contributed by atoms with Gasteiger partial charge in [0.2, 0.25) is 0 Å². The van der Waals surface area contributed by atoms with Crippen LogP contribution in [0, 0.1) is 0 Å². The minimum absolute atomic E-state index is 0.177. The fourth-order valence-electron chi connectivity index (χ4n) is 2.15. The summed E-state index contributed by atoms with van der Waals surface area (Å²) in [5.41, 5.74) is 5.85. The van der Waals surface area contributed by atoms with Gasteiger partial charge in [0.15, 0.2) is 5.69 Å². The van der Waals surface area contributed by atoms with Crippen molar-refractivity contribution in [1.82, 2.24) is 9.55 Å². The van der Waals surface area contributed by atoms with Crippen LogP contribution in [-0.4, -0.2) is 22.6 Å². The maximum Gasteiger partial charge on any atom is 0.357 e. The molecule has 6 heteroatoms. The number of benzene rings is 2. The minimum Gasteiger partial charge on any atom is -0.858 e. The first kappa shape index (κ1) is 18.2. The molecule has 0 saturated carbocycles. The molecule has 0 saturated heterocycles. The minimum atomic E-state index is -0.707. The van der Waals surface area contributed by atoms with Crippen molar-refractivity contribution in [3.63, 3.8) is 0 Å². The van der Waals surface area contributed by atoms with Crippen molar-refractivity contribution < 1.29 is 20.4 Å². The lowest BCUT2D eigenvalue weighted by Gasteiger charge is -2.12. The predicted molar refractivity (Wildman–Crippen MR) is 91.6 cm³/mol. The summed E-state index contributed by atoms with van der Waals surface area (Å²) in [5.74, 6) is -1.14. The van der Waals surface area contributed by atoms with Gasteiger partial charge in [-0.25, -0.2) is 9.78 Å². The van der Waals surface area contributed by atoms with Gasteiger partial charge >= 0.3 is 5.97 Å². The molecule has 1 heterocycles. The SMILES string of the molecule is COC(=O)c1ncn(Cc2ccccc2)c1[O-].[NH3+]Cc1ccccc1. The summed E-state index contributed by atoms with van der Waals surface area (Å²) in [7, 11) is 1.22. The van der Waals surface area contributed by atoms with Crippen LogP contribution in [0.2, 0.25) is 0 Å². The molecule has 3 aromatic rings. The van der Waals surface area contributed by atoms with Crippen molar-refractivity contribution >= 4 is 5.97 Å². The standard InChI is InChI=1S/C12H12N2O3.C7H9N/c1-17-12(16)10-11(15)14(8-13-10)7-9-5-3-2-4-6-9;8-6-7-4-2-1-3-5-7/h2-6,8,15H,7H2,1H3;1-5H,6,8H2. The van der Waals surface area contributed by atoms with E-state index in [9.17, 15) is 9.90 Å². The first-order chi connectivity index (χ1) is 12.2. The zero-order chi connectivity index (χ0) is 18.1. The second-order valence-corrected chi connectivity index (χ2v) is 5.24. The Hall–Kier alpha value is -3.12. The number of quaternary nitrogens is 1. The monoisotopic (exact) mass is 339 g/mol. The van der Waals surface area contributed by atoms with E-state index in [0.29, 0.717) is 6.54 Å². The van der Waals surface area contributed by atoms with E-state index in [1.807, 2.05) is 48.5 Å². The number of aromatic nitrogens is 2. The van der Waals surface area contributed by atoms with Gasteiger partial charge in [0.1, 0.15) is 0 Å². The van der Waals surface area contributed by atoms with E-state index in [0.717, 1.165) is 12.1 Å². The second kappa shape index (κ2) is 9.24. The van der Waals surface area contributed by atoms with Crippen molar-refractivity contribution in [2.24, 2.45) is 0 Å². The van der Waals surface area contributed by atoms with E-state index in [4.69, 9.17) is 0 Å². The maximum absolute atomic E-state index is 11.8. The van der Waals surface area contributed by atoms with Crippen LogP contribution in [0.3, 0.4) is 0 Å². The molecule has 6 nitrogen and oxygen atoms in total. The number of ether oxygens (including phenoxy) is 1. The molecule has 0 aliphatic heterocycles. The Morgan fingerprint density at radius 2 is 1.64 bits per heavy atom. The summed E-state index contributed by atoms with van der Waals surface area (Å²) in [6, 6.07) is 19.7. The normalized spacial score (nSPS) is 9.84. The molecule has 1 aromatic heterocycles. The highest BCUT2D eigenvalue weighted by Crippen LogP contribution is 2.15. The first-order valence-corrected chi connectivity index (χ1v) is 7.83. The summed E-state index contributed by atoms with van der Waals surface area (Å²) in [4.78, 5) is 15.0. The van der Waals surface area contributed by atoms with Crippen molar-refractivity contribution in [3.8, 4) is 5.88 Å². The third-order valence-electron chi connectivity index (χ3n) is 3.50. The highest BCUT2D eigenvalue weighted by atomic mass is 16.5. The summed E-state index contributed by atoms with van der Waals surface area (Å²) in [5, 5.41) is 11.8. The number of methoxy groups -OCH3 is 1. The van der Waals surface area contributed by atoms with Crippen LogP contribution in [-0.2, 0) is 17.8 Å². The van der Waals surface area contributed by atoms with Gasteiger partial charge in [-0.05, 0) is 11.4 Å². The number of rotatable bonds is 4. The lowest BCUT2D eigenvalue weighted by molar-refractivity contribution is -0.386. The van der Waals surface area contributed by atoms with Crippen LogP contribution in [0.15, 0.2) is 67.0 Å². The summed E-state index contributed by atoms with van der Waals surface area (Å²) >= 11 is 0. The number of carbonyl (C=O) groups excluding carboxylic acids is 1. The summed E-state index contributed by atoms with van der Waals surface area (Å²) < 4.78 is 5.84. The van der Waals surface area contributed by atoms with Crippen LogP contribution in [0.5, 0.6) is 5.88 Å². The average molecular weight is 339 g/mol. The van der Waals surface area contributed by atoms with E-state index < -0.39 is 11.8 Å². The van der Waals surface area contributed by atoms with Crippen LogP contribution < -0.4 is 10.8 Å². The molecular weight excluding hydrogens is 318 g/mol. The zero-order valence-corrected chi connectivity index (χ0v) is 14.1. The van der Waals surface area contributed by atoms with Gasteiger partial charge in [0, 0.05) is 12.1 Å². The Kier molecular flexibility index (Phi) is 6.74. The molecule has 0 radical (unpaired) electrons. The predicted octanol–water partition coefficient (Wildman–Crippen LogP) is 1.22. The molecule has 0 fully saturated rings. The maximum atomic E-state index is 11.8. The topological polar surface area (TPSA) is 94.8 Å². The molecule has 25 heavy (non-hydrogen) atoms. The highest BCUT2D eigenvalue weighted by Gasteiger charge is 2.11. The van der Waals surface area contributed by atoms with Gasteiger partial charge < -0.3 is 20.1 Å². The third kappa shape index (κ3) is 5.19. The Bertz CT molecular complexity index is 786. The second-order valence-electron chi connectivity index (χ2n) is 5.24. The molecule has 130 valence electrons. The van der Waals surface area contributed by atoms with E-state index in [2.05, 4.69) is 27.6 Å². The molecule has 0 atom stereocenters. The van der Waals surface area contributed by atoms with Crippen LogP contribution >= 0.6 is 0 Å². The van der Waals surface area contributed by atoms with Crippen molar-refractivity contribution in [2.45, 2.75) is 13.1 Å². The number of imidazole rings is 1. The summed E-state index contributed by atoms with van der Waals surface area (Å²) in [6.07, 6.45) is 1.35.